The Balaban J connectivity index is 2.53. The van der Waals surface area contributed by atoms with Crippen LogP contribution in [0.1, 0.15) is 12.8 Å². The molecule has 2 N–H and O–H groups in total. The molecule has 1 aliphatic rings. The van der Waals surface area contributed by atoms with E-state index in [1.807, 2.05) is 0 Å². The second kappa shape index (κ2) is 3.90. The van der Waals surface area contributed by atoms with Gasteiger partial charge in [-0.05, 0) is 12.8 Å². The second-order valence-corrected chi connectivity index (χ2v) is 10.0. The van der Waals surface area contributed by atoms with E-state index in [-0.39, 0.29) is 6.04 Å². The highest BCUT2D eigenvalue weighted by Gasteiger charge is 2.30. The molecule has 1 saturated heterocycles. The van der Waals surface area contributed by atoms with Gasteiger partial charge in [-0.3, -0.25) is 0 Å². The SMILES string of the molecule is CO[C@H]1CC[Si](C)(C)CC[C@@H]1N. The van der Waals surface area contributed by atoms with Crippen LogP contribution < -0.4 is 5.73 Å². The second-order valence-electron chi connectivity index (χ2n) is 4.68. The van der Waals surface area contributed by atoms with Gasteiger partial charge in [0.25, 0.3) is 0 Å². The normalized spacial score (nSPS) is 36.0. The van der Waals surface area contributed by atoms with Crippen molar-refractivity contribution in [3.63, 3.8) is 0 Å². The molecule has 0 unspecified atom stereocenters. The van der Waals surface area contributed by atoms with Gasteiger partial charge < -0.3 is 10.5 Å². The van der Waals surface area contributed by atoms with Crippen LogP contribution in [0.3, 0.4) is 0 Å². The monoisotopic (exact) mass is 187 g/mol. The molecule has 0 aromatic heterocycles. The Bertz CT molecular complexity index is 149. The van der Waals surface area contributed by atoms with E-state index < -0.39 is 8.07 Å². The molecule has 3 heteroatoms. The van der Waals surface area contributed by atoms with Gasteiger partial charge >= 0.3 is 0 Å². The van der Waals surface area contributed by atoms with Gasteiger partial charge in [-0.25, -0.2) is 0 Å². The molecule has 72 valence electrons. The van der Waals surface area contributed by atoms with Crippen molar-refractivity contribution in [3.05, 3.63) is 0 Å². The third-order valence-corrected chi connectivity index (χ3v) is 6.32. The van der Waals surface area contributed by atoms with Crippen molar-refractivity contribution in [1.29, 1.82) is 0 Å². The Morgan fingerprint density at radius 3 is 2.42 bits per heavy atom. The molecule has 1 aliphatic heterocycles. The van der Waals surface area contributed by atoms with E-state index >= 15 is 0 Å². The van der Waals surface area contributed by atoms with Gasteiger partial charge in [-0.2, -0.15) is 0 Å². The molecule has 0 spiro atoms. The van der Waals surface area contributed by atoms with Gasteiger partial charge in [-0.1, -0.05) is 25.2 Å². The van der Waals surface area contributed by atoms with Gasteiger partial charge in [0.2, 0.25) is 0 Å². The number of rotatable bonds is 1. The van der Waals surface area contributed by atoms with Gasteiger partial charge in [-0.15, -0.1) is 0 Å². The quantitative estimate of drug-likeness (QED) is 0.636. The topological polar surface area (TPSA) is 35.2 Å². The van der Waals surface area contributed by atoms with Gasteiger partial charge in [0.05, 0.1) is 6.10 Å². The van der Waals surface area contributed by atoms with E-state index in [1.165, 1.54) is 18.5 Å². The first kappa shape index (κ1) is 10.2. The first-order valence-corrected chi connectivity index (χ1v) is 8.25. The molecule has 1 heterocycles. The summed E-state index contributed by atoms with van der Waals surface area (Å²) in [7, 11) is 0.881. The molecule has 2 nitrogen and oxygen atoms in total. The summed E-state index contributed by atoms with van der Waals surface area (Å²) in [5, 5.41) is 0. The number of nitrogens with two attached hydrogens (primary N) is 1. The molecule has 0 bridgehead atoms. The summed E-state index contributed by atoms with van der Waals surface area (Å²) in [6.45, 7) is 4.91. The molecule has 12 heavy (non-hydrogen) atoms. The highest BCUT2D eigenvalue weighted by atomic mass is 28.3. The number of hydrogen-bond acceptors (Lipinski definition) is 2. The maximum Gasteiger partial charge on any atom is 0.0719 e. The summed E-state index contributed by atoms with van der Waals surface area (Å²) in [6, 6.07) is 3.03. The molecular weight excluding hydrogens is 166 g/mol. The van der Waals surface area contributed by atoms with E-state index in [2.05, 4.69) is 13.1 Å². The first-order chi connectivity index (χ1) is 5.55. The Kier molecular flexibility index (Phi) is 3.32. The fraction of sp³-hybridized carbons (Fsp3) is 1.00. The number of hydrogen-bond donors (Lipinski definition) is 1. The lowest BCUT2D eigenvalue weighted by molar-refractivity contribution is 0.0780. The van der Waals surface area contributed by atoms with E-state index in [9.17, 15) is 0 Å². The van der Waals surface area contributed by atoms with Crippen molar-refractivity contribution < 1.29 is 4.74 Å². The zero-order valence-electron chi connectivity index (χ0n) is 8.47. The molecule has 0 aromatic carbocycles. The standard InChI is InChI=1S/C9H21NOSi/c1-11-9-5-7-12(2,3)6-4-8(9)10/h8-9H,4-7,10H2,1-3H3/t8-,9-/m0/s1. The zero-order chi connectivity index (χ0) is 9.19. The lowest BCUT2D eigenvalue weighted by atomic mass is 10.1. The minimum Gasteiger partial charge on any atom is -0.380 e. The fourth-order valence-corrected chi connectivity index (χ4v) is 4.34. The minimum atomic E-state index is -0.901. The Hall–Kier alpha value is 0.137. The Labute approximate surface area is 76.5 Å². The van der Waals surface area contributed by atoms with Gasteiger partial charge in [0, 0.05) is 21.2 Å². The molecule has 0 saturated carbocycles. The Morgan fingerprint density at radius 2 is 1.83 bits per heavy atom. The minimum absolute atomic E-state index is 0.282. The van der Waals surface area contributed by atoms with Gasteiger partial charge in [0.1, 0.15) is 0 Å². The first-order valence-electron chi connectivity index (χ1n) is 4.83. The van der Waals surface area contributed by atoms with E-state index in [0.717, 1.165) is 6.42 Å². The fourth-order valence-electron chi connectivity index (χ4n) is 1.91. The van der Waals surface area contributed by atoms with Crippen molar-refractivity contribution >= 4 is 8.07 Å². The van der Waals surface area contributed by atoms with Crippen molar-refractivity contribution in [2.75, 3.05) is 7.11 Å². The van der Waals surface area contributed by atoms with Crippen molar-refractivity contribution in [1.82, 2.24) is 0 Å². The van der Waals surface area contributed by atoms with Crippen LogP contribution >= 0.6 is 0 Å². The van der Waals surface area contributed by atoms with E-state index in [1.54, 1.807) is 7.11 Å². The molecule has 0 aromatic rings. The van der Waals surface area contributed by atoms with Crippen LogP contribution in [0.25, 0.3) is 0 Å². The van der Waals surface area contributed by atoms with Crippen LogP contribution in [0.2, 0.25) is 25.2 Å². The van der Waals surface area contributed by atoms with Crippen molar-refractivity contribution in [2.45, 2.75) is 50.2 Å². The van der Waals surface area contributed by atoms with Crippen LogP contribution in [-0.2, 0) is 4.74 Å². The largest absolute Gasteiger partial charge is 0.380 e. The van der Waals surface area contributed by atoms with Crippen molar-refractivity contribution in [2.24, 2.45) is 5.73 Å². The molecular formula is C9H21NOSi. The van der Waals surface area contributed by atoms with Crippen molar-refractivity contribution in [3.8, 4) is 0 Å². The van der Waals surface area contributed by atoms with E-state index in [0.29, 0.717) is 6.10 Å². The predicted molar refractivity (Wildman–Crippen MR) is 55.1 cm³/mol. The maximum atomic E-state index is 6.01. The highest BCUT2D eigenvalue weighted by Crippen LogP contribution is 2.27. The van der Waals surface area contributed by atoms with Crippen LogP contribution in [-0.4, -0.2) is 27.3 Å². The summed E-state index contributed by atoms with van der Waals surface area (Å²) in [4.78, 5) is 0. The number of ether oxygens (including phenoxy) is 1. The molecule has 1 rings (SSSR count). The summed E-state index contributed by atoms with van der Waals surface area (Å²) in [5.74, 6) is 0. The number of methoxy groups -OCH3 is 1. The lowest BCUT2D eigenvalue weighted by Crippen LogP contribution is -2.34. The molecule has 0 aliphatic carbocycles. The summed E-state index contributed by atoms with van der Waals surface area (Å²) < 4.78 is 5.37. The predicted octanol–water partition coefficient (Wildman–Crippen LogP) is 1.83. The molecule has 0 amide bonds. The Morgan fingerprint density at radius 1 is 1.25 bits per heavy atom. The molecule has 0 radical (unpaired) electrons. The summed E-state index contributed by atoms with van der Waals surface area (Å²) >= 11 is 0. The maximum absolute atomic E-state index is 6.01. The summed E-state index contributed by atoms with van der Waals surface area (Å²) in [6.07, 6.45) is 2.66. The molecule has 1 fully saturated rings. The zero-order valence-corrected chi connectivity index (χ0v) is 9.47. The third-order valence-electron chi connectivity index (χ3n) is 3.04. The summed E-state index contributed by atoms with van der Waals surface area (Å²) in [5.41, 5.74) is 6.01. The smallest absolute Gasteiger partial charge is 0.0719 e. The van der Waals surface area contributed by atoms with Crippen LogP contribution in [0.5, 0.6) is 0 Å². The average Bonchev–Trinajstić information content (AvgIpc) is 2.13. The molecule has 2 atom stereocenters. The average molecular weight is 187 g/mol. The van der Waals surface area contributed by atoms with Gasteiger partial charge in [0.15, 0.2) is 0 Å². The van der Waals surface area contributed by atoms with E-state index in [4.69, 9.17) is 10.5 Å². The lowest BCUT2D eigenvalue weighted by Gasteiger charge is -2.19. The highest BCUT2D eigenvalue weighted by molar-refractivity contribution is 6.77. The van der Waals surface area contributed by atoms with Crippen LogP contribution in [0, 0.1) is 0 Å². The van der Waals surface area contributed by atoms with Crippen LogP contribution in [0.15, 0.2) is 0 Å². The third kappa shape index (κ3) is 2.57. The van der Waals surface area contributed by atoms with Crippen LogP contribution in [0.4, 0.5) is 0 Å².